The lowest BCUT2D eigenvalue weighted by Gasteiger charge is -2.30. The molecule has 0 saturated carbocycles. The molecule has 0 radical (unpaired) electrons. The molecule has 0 spiro atoms. The highest BCUT2D eigenvalue weighted by Crippen LogP contribution is 2.47. The highest BCUT2D eigenvalue weighted by Gasteiger charge is 2.30. The number of ether oxygens (including phenoxy) is 3. The van der Waals surface area contributed by atoms with Crippen LogP contribution in [0, 0.1) is 60.5 Å². The predicted molar refractivity (Wildman–Crippen MR) is 481 cm³/mol. The third-order valence-electron chi connectivity index (χ3n) is 20.0. The van der Waals surface area contributed by atoms with Crippen LogP contribution in [0.15, 0.2) is 240 Å². The summed E-state index contributed by atoms with van der Waals surface area (Å²) in [5, 5.41) is 105. The number of aryl methyl sites for hydroxylation is 4. The van der Waals surface area contributed by atoms with E-state index < -0.39 is 61.7 Å². The number of anilines is 9. The molecule has 0 unspecified atom stereocenters. The number of aromatic hydroxyl groups is 4. The molecule has 1 heterocycles. The maximum atomic E-state index is 14.0. The number of non-ortho nitro benzene ring substituents is 1. The Morgan fingerprint density at radius 1 is 0.504 bits per heavy atom. The summed E-state index contributed by atoms with van der Waals surface area (Å²) in [6.45, 7) is 12.1. The molecule has 1 saturated heterocycles. The van der Waals surface area contributed by atoms with Crippen LogP contribution in [0.1, 0.15) is 64.8 Å². The number of phenols is 4. The molecule has 0 atom stereocenters. The molecule has 0 aliphatic carbocycles. The monoisotopic (exact) mass is 1800 g/mol. The number of nitro groups is 1. The molecule has 35 nitrogen and oxygen atoms in total. The number of hydrogen-bond acceptors (Lipinski definition) is 28. The first-order valence-electron chi connectivity index (χ1n) is 38.8. The van der Waals surface area contributed by atoms with Crippen molar-refractivity contribution >= 4 is 153 Å². The number of nitro benzene ring substituents is 1. The maximum Gasteiger partial charge on any atom is 0.270 e. The van der Waals surface area contributed by atoms with Gasteiger partial charge in [-0.15, -0.1) is 20.5 Å². The van der Waals surface area contributed by atoms with Crippen LogP contribution in [0.3, 0.4) is 0 Å². The summed E-state index contributed by atoms with van der Waals surface area (Å²) in [5.41, 5.74) is 5.35. The SMILES string of the molecule is CC(=O)Nc1cc(N=Nc2ccc(S(=O)(=O)Nc3ccc(N4CCOCC4)c(S(=O)(=O)Nc4cc(C)c(C)cc4O)c3)cc2C#N)c2c(NCc3ccccc3)cccc2c1O.CCC(=O)Nc1cc(N=Nc2ccc([N+](=O)[O-])cc2C#N)c2c(NCc3cccc(S(=O)(=O)Nc4ccc(OCCOC)c(S(=O)(=O)Nc5cc(C)c(C)cc5O)c4)c3)cccc2c1O. The van der Waals surface area contributed by atoms with Crippen molar-refractivity contribution in [3.05, 3.63) is 255 Å². The van der Waals surface area contributed by atoms with Crippen LogP contribution in [0.2, 0.25) is 0 Å². The first-order valence-corrected chi connectivity index (χ1v) is 44.8. The molecule has 12 aromatic rings. The summed E-state index contributed by atoms with van der Waals surface area (Å²) < 4.78 is 137. The number of carbonyl (C=O) groups excluding carboxylic acids is 2. The highest BCUT2D eigenvalue weighted by molar-refractivity contribution is 7.94. The van der Waals surface area contributed by atoms with E-state index in [-0.39, 0.29) is 149 Å². The minimum atomic E-state index is -4.47. The van der Waals surface area contributed by atoms with Crippen molar-refractivity contribution in [2.24, 2.45) is 20.5 Å². The fraction of sp³-hybridized carbons (Fsp3) is 0.182. The Bertz CT molecular complexity index is 6970. The average Bonchev–Trinajstić information content (AvgIpc) is 0.781. The number of hydrogen-bond donors (Lipinski definition) is 12. The Morgan fingerprint density at radius 3 is 1.54 bits per heavy atom. The van der Waals surface area contributed by atoms with Gasteiger partial charge in [-0.25, -0.2) is 33.7 Å². The van der Waals surface area contributed by atoms with Gasteiger partial charge in [0.15, 0.2) is 0 Å². The number of morpholine rings is 1. The lowest BCUT2D eigenvalue weighted by Crippen LogP contribution is -2.37. The summed E-state index contributed by atoms with van der Waals surface area (Å²) in [4.78, 5) is 35.8. The second kappa shape index (κ2) is 39.2. The quantitative estimate of drug-likeness (QED) is 0.00631. The molecule has 0 bridgehead atoms. The van der Waals surface area contributed by atoms with Gasteiger partial charge in [-0.1, -0.05) is 73.7 Å². The van der Waals surface area contributed by atoms with Gasteiger partial charge in [-0.05, 0) is 182 Å². The number of sulfonamides is 4. The number of phenolic OH excluding ortho intramolecular Hbond substituents is 4. The molecule has 1 fully saturated rings. The molecule has 12 N–H and O–H groups in total. The Hall–Kier alpha value is -15.0. The number of amides is 2. The number of azo groups is 2. The van der Waals surface area contributed by atoms with Crippen molar-refractivity contribution in [2.75, 3.05) is 91.7 Å². The number of fused-ring (bicyclic) bond motifs is 2. The van der Waals surface area contributed by atoms with Crippen molar-refractivity contribution in [3.63, 3.8) is 0 Å². The normalized spacial score (nSPS) is 12.3. The van der Waals surface area contributed by atoms with Crippen LogP contribution in [0.25, 0.3) is 21.5 Å². The van der Waals surface area contributed by atoms with Gasteiger partial charge in [0.25, 0.3) is 45.8 Å². The van der Waals surface area contributed by atoms with Crippen LogP contribution in [-0.4, -0.2) is 117 Å². The summed E-state index contributed by atoms with van der Waals surface area (Å²) in [7, 11) is -16.2. The first-order chi connectivity index (χ1) is 60.6. The molecule has 127 heavy (non-hydrogen) atoms. The van der Waals surface area contributed by atoms with Crippen molar-refractivity contribution in [1.29, 1.82) is 10.5 Å². The molecule has 654 valence electrons. The van der Waals surface area contributed by atoms with Crippen molar-refractivity contribution in [2.45, 2.75) is 80.6 Å². The number of nitrogens with one attached hydrogen (secondary N) is 8. The second-order valence-corrected chi connectivity index (χ2v) is 35.5. The van der Waals surface area contributed by atoms with E-state index in [1.54, 1.807) is 77.1 Å². The van der Waals surface area contributed by atoms with E-state index in [4.69, 9.17) is 14.2 Å². The first kappa shape index (κ1) is 91.2. The van der Waals surface area contributed by atoms with Crippen molar-refractivity contribution < 1.29 is 82.8 Å². The summed E-state index contributed by atoms with van der Waals surface area (Å²) in [6.07, 6.45) is 0.103. The average molecular weight is 1800 g/mol. The molecule has 13 rings (SSSR count). The molecule has 1 aliphatic rings. The molecule has 2 amide bonds. The lowest BCUT2D eigenvalue weighted by atomic mass is 10.0. The number of nitriles is 2. The largest absolute Gasteiger partial charge is 0.506 e. The molecule has 0 aromatic heterocycles. The molecule has 39 heteroatoms. The topological polar surface area (TPSA) is 519 Å². The molecule has 12 aromatic carbocycles. The highest BCUT2D eigenvalue weighted by atomic mass is 32.2. The molecular weight excluding hydrogens is 1710 g/mol. The van der Waals surface area contributed by atoms with Gasteiger partial charge in [0.1, 0.15) is 68.7 Å². The Morgan fingerprint density at radius 2 is 0.992 bits per heavy atom. The summed E-state index contributed by atoms with van der Waals surface area (Å²) in [5.74, 6) is -1.97. The summed E-state index contributed by atoms with van der Waals surface area (Å²) in [6, 6.07) is 53.2. The second-order valence-electron chi connectivity index (χ2n) is 28.8. The van der Waals surface area contributed by atoms with Gasteiger partial charge in [0.05, 0.1) is 96.8 Å². The van der Waals surface area contributed by atoms with Crippen LogP contribution < -0.4 is 49.8 Å². The van der Waals surface area contributed by atoms with Gasteiger partial charge >= 0.3 is 0 Å². The minimum Gasteiger partial charge on any atom is -0.506 e. The zero-order chi connectivity index (χ0) is 91.2. The van der Waals surface area contributed by atoms with Crippen LogP contribution in [0.4, 0.5) is 79.6 Å². The van der Waals surface area contributed by atoms with Crippen molar-refractivity contribution in [3.8, 4) is 40.9 Å². The lowest BCUT2D eigenvalue weighted by molar-refractivity contribution is -0.384. The molecular formula is C88H84N16O19S4. The Kier molecular flexibility index (Phi) is 28.2. The van der Waals surface area contributed by atoms with Crippen LogP contribution in [0.5, 0.6) is 28.7 Å². The van der Waals surface area contributed by atoms with E-state index >= 15 is 0 Å². The Balaban J connectivity index is 0.000000231. The third kappa shape index (κ3) is 21.8. The number of methoxy groups -OCH3 is 1. The van der Waals surface area contributed by atoms with E-state index in [2.05, 4.69) is 60.6 Å². The smallest absolute Gasteiger partial charge is 0.270 e. The van der Waals surface area contributed by atoms with Gasteiger partial charge in [-0.3, -0.25) is 38.6 Å². The fourth-order valence-corrected chi connectivity index (χ4v) is 18.0. The van der Waals surface area contributed by atoms with E-state index in [1.807, 2.05) is 47.4 Å². The minimum absolute atomic E-state index is 0.0191. The molecule has 1 aliphatic heterocycles. The van der Waals surface area contributed by atoms with Gasteiger partial charge in [0, 0.05) is 91.7 Å². The fourth-order valence-electron chi connectivity index (χ4n) is 13.3. The third-order valence-corrected chi connectivity index (χ3v) is 25.5. The predicted octanol–water partition coefficient (Wildman–Crippen LogP) is 16.8. The summed E-state index contributed by atoms with van der Waals surface area (Å²) >= 11 is 0. The van der Waals surface area contributed by atoms with E-state index in [0.717, 1.165) is 40.5 Å². The van der Waals surface area contributed by atoms with Crippen molar-refractivity contribution in [1.82, 2.24) is 0 Å². The number of rotatable bonds is 31. The number of benzene rings is 12. The van der Waals surface area contributed by atoms with Crippen LogP contribution in [-0.2, 0) is 72.2 Å². The standard InChI is InChI=1S/C44H42N8O11S2.C44H42N8O8S2/c1-5-42(54)47-38-23-37(49-48-34-14-13-31(52(56)57)21-29(34)24-45)43-33(44(38)55)10-7-11-35(43)46-25-28-8-6-9-32(20-28)64(58,59)50-30-12-15-40(63-17-16-62-4)41(22-30)65(60,61)51-36-18-26(2)27(3)19-39(36)53;1-27-20-37(41(54)21-28(27)2)51-62(58,59)42-23-32(12-15-40(42)52-16-18-60-19-17-52)50-61(56,57)33-13-14-35(31(22-33)25-45)48-49-38-24-39(47-29(3)53)44(55)34-10-7-11-36(43(34)38)46-26-30-8-5-4-6-9-30/h6-15,18-23,46,50-51,53,55H,5,16-17,25H2,1-4H3,(H,47,54);4-15,20-24,46,50-51,54-55H,16-19,26H2,1-3H3,(H,47,53). The number of nitrogens with zero attached hydrogens (tertiary/aromatic N) is 8. The zero-order valence-electron chi connectivity index (χ0n) is 69.0. The van der Waals surface area contributed by atoms with Gasteiger partial charge < -0.3 is 60.8 Å². The van der Waals surface area contributed by atoms with Gasteiger partial charge in [-0.2, -0.15) is 10.5 Å². The van der Waals surface area contributed by atoms with E-state index in [9.17, 15) is 84.3 Å². The Labute approximate surface area is 730 Å². The van der Waals surface area contributed by atoms with Gasteiger partial charge in [0.2, 0.25) is 11.8 Å². The maximum absolute atomic E-state index is 14.0. The number of carbonyl (C=O) groups is 2. The van der Waals surface area contributed by atoms with E-state index in [0.29, 0.717) is 77.2 Å². The van der Waals surface area contributed by atoms with Crippen LogP contribution >= 0.6 is 0 Å². The van der Waals surface area contributed by atoms with E-state index in [1.165, 1.54) is 123 Å². The zero-order valence-corrected chi connectivity index (χ0v) is 72.3.